The van der Waals surface area contributed by atoms with E-state index >= 15 is 0 Å². The van der Waals surface area contributed by atoms with E-state index < -0.39 is 0 Å². The van der Waals surface area contributed by atoms with Gasteiger partial charge in [-0.15, -0.1) is 12.4 Å². The van der Waals surface area contributed by atoms with Gasteiger partial charge in [0.15, 0.2) is 11.5 Å². The van der Waals surface area contributed by atoms with Crippen LogP contribution in [-0.2, 0) is 4.79 Å². The fourth-order valence-corrected chi connectivity index (χ4v) is 1.74. The quantitative estimate of drug-likeness (QED) is 0.827. The van der Waals surface area contributed by atoms with Gasteiger partial charge in [-0.25, -0.2) is 0 Å². The molecule has 1 atom stereocenters. The molecule has 114 valence electrons. The van der Waals surface area contributed by atoms with E-state index in [2.05, 4.69) is 5.32 Å². The van der Waals surface area contributed by atoms with Gasteiger partial charge in [-0.3, -0.25) is 4.79 Å². The molecule has 0 bridgehead atoms. The smallest absolute Gasteiger partial charge is 0.234 e. The Kier molecular flexibility index (Phi) is 7.79. The second kappa shape index (κ2) is 8.50. The minimum atomic E-state index is -0.221. The number of halogens is 1. The molecule has 0 aliphatic rings. The third kappa shape index (κ3) is 4.18. The van der Waals surface area contributed by atoms with Crippen LogP contribution in [0.25, 0.3) is 0 Å². The van der Waals surface area contributed by atoms with Crippen molar-refractivity contribution >= 4 is 18.3 Å². The molecular weight excluding hydrogens is 284 g/mol. The maximum Gasteiger partial charge on any atom is 0.234 e. The molecule has 0 saturated carbocycles. The molecule has 7 heteroatoms. The van der Waals surface area contributed by atoms with E-state index in [4.69, 9.17) is 19.9 Å². The van der Waals surface area contributed by atoms with E-state index in [-0.39, 0.29) is 30.9 Å². The summed E-state index contributed by atoms with van der Waals surface area (Å²) >= 11 is 0. The van der Waals surface area contributed by atoms with E-state index in [1.54, 1.807) is 33.5 Å². The van der Waals surface area contributed by atoms with Gasteiger partial charge in [0.25, 0.3) is 0 Å². The number of rotatable bonds is 6. The number of carbonyl (C=O) groups is 1. The van der Waals surface area contributed by atoms with Crippen LogP contribution in [0.15, 0.2) is 12.1 Å². The van der Waals surface area contributed by atoms with Crippen molar-refractivity contribution in [3.05, 3.63) is 17.7 Å². The molecule has 1 aromatic rings. The van der Waals surface area contributed by atoms with Gasteiger partial charge >= 0.3 is 0 Å². The SMILES string of the molecule is COc1cc(C(C)NC(=O)CN)cc(OC)c1OC.Cl. The summed E-state index contributed by atoms with van der Waals surface area (Å²) in [6, 6.07) is 3.38. The van der Waals surface area contributed by atoms with Crippen molar-refractivity contribution < 1.29 is 19.0 Å². The first-order valence-electron chi connectivity index (χ1n) is 5.86. The van der Waals surface area contributed by atoms with Crippen molar-refractivity contribution in [2.24, 2.45) is 5.73 Å². The van der Waals surface area contributed by atoms with Gasteiger partial charge in [0.05, 0.1) is 33.9 Å². The second-order valence-corrected chi connectivity index (χ2v) is 3.95. The molecule has 0 aliphatic carbocycles. The van der Waals surface area contributed by atoms with Gasteiger partial charge in [-0.05, 0) is 24.6 Å². The molecule has 0 aliphatic heterocycles. The minimum absolute atomic E-state index is 0. The van der Waals surface area contributed by atoms with Gasteiger partial charge in [0.1, 0.15) is 0 Å². The normalized spacial score (nSPS) is 11.1. The van der Waals surface area contributed by atoms with Crippen LogP contribution in [0.2, 0.25) is 0 Å². The van der Waals surface area contributed by atoms with Crippen molar-refractivity contribution in [2.45, 2.75) is 13.0 Å². The lowest BCUT2D eigenvalue weighted by atomic mass is 10.1. The number of hydrogen-bond acceptors (Lipinski definition) is 5. The average Bonchev–Trinajstić information content (AvgIpc) is 2.44. The molecule has 1 aromatic carbocycles. The molecule has 0 saturated heterocycles. The predicted octanol–water partition coefficient (Wildman–Crippen LogP) is 1.27. The fraction of sp³-hybridized carbons (Fsp3) is 0.462. The van der Waals surface area contributed by atoms with E-state index in [9.17, 15) is 4.79 Å². The Morgan fingerprint density at radius 3 is 2.05 bits per heavy atom. The molecule has 0 heterocycles. The van der Waals surface area contributed by atoms with Gasteiger partial charge < -0.3 is 25.3 Å². The third-order valence-electron chi connectivity index (χ3n) is 2.75. The van der Waals surface area contributed by atoms with Gasteiger partial charge in [-0.2, -0.15) is 0 Å². The summed E-state index contributed by atoms with van der Waals surface area (Å²) < 4.78 is 15.8. The number of nitrogens with two attached hydrogens (primary N) is 1. The highest BCUT2D eigenvalue weighted by molar-refractivity contribution is 5.85. The average molecular weight is 305 g/mol. The Bertz CT molecular complexity index is 429. The van der Waals surface area contributed by atoms with Crippen LogP contribution >= 0.6 is 12.4 Å². The molecule has 6 nitrogen and oxygen atoms in total. The van der Waals surface area contributed by atoms with Crippen LogP contribution in [0, 0.1) is 0 Å². The first-order chi connectivity index (χ1) is 9.07. The van der Waals surface area contributed by atoms with Crippen molar-refractivity contribution in [1.29, 1.82) is 0 Å². The van der Waals surface area contributed by atoms with E-state index in [1.807, 2.05) is 6.92 Å². The lowest BCUT2D eigenvalue weighted by Crippen LogP contribution is -2.32. The molecule has 3 N–H and O–H groups in total. The summed E-state index contributed by atoms with van der Waals surface area (Å²) in [6.07, 6.45) is 0. The largest absolute Gasteiger partial charge is 0.493 e. The number of methoxy groups -OCH3 is 3. The highest BCUT2D eigenvalue weighted by atomic mass is 35.5. The summed E-state index contributed by atoms with van der Waals surface area (Å²) in [7, 11) is 4.63. The van der Waals surface area contributed by atoms with Crippen LogP contribution in [0.3, 0.4) is 0 Å². The summed E-state index contributed by atoms with van der Waals surface area (Å²) in [6.45, 7) is 1.81. The summed E-state index contributed by atoms with van der Waals surface area (Å²) in [4.78, 5) is 11.3. The maximum atomic E-state index is 11.3. The summed E-state index contributed by atoms with van der Waals surface area (Å²) in [5.74, 6) is 1.39. The fourth-order valence-electron chi connectivity index (χ4n) is 1.74. The van der Waals surface area contributed by atoms with E-state index in [0.29, 0.717) is 17.2 Å². The number of amides is 1. The third-order valence-corrected chi connectivity index (χ3v) is 2.75. The molecule has 1 unspecified atom stereocenters. The Labute approximate surface area is 125 Å². The molecule has 0 radical (unpaired) electrons. The number of carbonyl (C=O) groups excluding carboxylic acids is 1. The van der Waals surface area contributed by atoms with Crippen LogP contribution in [0.5, 0.6) is 17.2 Å². The van der Waals surface area contributed by atoms with E-state index in [1.165, 1.54) is 0 Å². The first-order valence-corrected chi connectivity index (χ1v) is 5.86. The topological polar surface area (TPSA) is 82.8 Å². The highest BCUT2D eigenvalue weighted by Gasteiger charge is 2.17. The zero-order valence-electron chi connectivity index (χ0n) is 12.1. The maximum absolute atomic E-state index is 11.3. The highest BCUT2D eigenvalue weighted by Crippen LogP contribution is 2.39. The number of hydrogen-bond donors (Lipinski definition) is 2. The van der Waals surface area contributed by atoms with Crippen molar-refractivity contribution in [3.8, 4) is 17.2 Å². The number of ether oxygens (including phenoxy) is 3. The van der Waals surface area contributed by atoms with E-state index in [0.717, 1.165) is 5.56 Å². The molecular formula is C13H21ClN2O4. The Hall–Kier alpha value is -1.66. The summed E-state index contributed by atoms with van der Waals surface area (Å²) in [5.41, 5.74) is 6.12. The Morgan fingerprint density at radius 1 is 1.20 bits per heavy atom. The lowest BCUT2D eigenvalue weighted by Gasteiger charge is -2.18. The number of nitrogens with one attached hydrogen (secondary N) is 1. The van der Waals surface area contributed by atoms with Crippen molar-refractivity contribution in [3.63, 3.8) is 0 Å². The monoisotopic (exact) mass is 304 g/mol. The predicted molar refractivity (Wildman–Crippen MR) is 79.0 cm³/mol. The molecule has 0 fully saturated rings. The molecule has 0 spiro atoms. The molecule has 1 amide bonds. The van der Waals surface area contributed by atoms with Crippen LogP contribution in [0.1, 0.15) is 18.5 Å². The zero-order valence-corrected chi connectivity index (χ0v) is 12.9. The second-order valence-electron chi connectivity index (χ2n) is 3.95. The minimum Gasteiger partial charge on any atom is -0.493 e. The lowest BCUT2D eigenvalue weighted by molar-refractivity contribution is -0.120. The van der Waals surface area contributed by atoms with Crippen molar-refractivity contribution in [2.75, 3.05) is 27.9 Å². The standard InChI is InChI=1S/C13H20N2O4.ClH/c1-8(15-12(16)7-14)9-5-10(17-2)13(19-4)11(6-9)18-3;/h5-6,8H,7,14H2,1-4H3,(H,15,16);1H. The zero-order chi connectivity index (χ0) is 14.4. The molecule has 1 rings (SSSR count). The molecule has 0 aromatic heterocycles. The van der Waals surface area contributed by atoms with Gasteiger partial charge in [0, 0.05) is 0 Å². The Balaban J connectivity index is 0.00000361. The Morgan fingerprint density at radius 2 is 1.70 bits per heavy atom. The van der Waals surface area contributed by atoms with Gasteiger partial charge in [0.2, 0.25) is 11.7 Å². The van der Waals surface area contributed by atoms with Crippen LogP contribution < -0.4 is 25.3 Å². The number of benzene rings is 1. The van der Waals surface area contributed by atoms with Crippen LogP contribution in [0.4, 0.5) is 0 Å². The first kappa shape index (κ1) is 18.3. The van der Waals surface area contributed by atoms with Gasteiger partial charge in [-0.1, -0.05) is 0 Å². The molecule has 20 heavy (non-hydrogen) atoms. The van der Waals surface area contributed by atoms with Crippen molar-refractivity contribution in [1.82, 2.24) is 5.32 Å². The van der Waals surface area contributed by atoms with Crippen LogP contribution in [-0.4, -0.2) is 33.8 Å². The summed E-state index contributed by atoms with van der Waals surface area (Å²) in [5, 5.41) is 2.77.